The minimum Gasteiger partial charge on any atom is -0.382 e. The molecule has 2 saturated heterocycles. The zero-order valence-electron chi connectivity index (χ0n) is 13.1. The van der Waals surface area contributed by atoms with Crippen LogP contribution in [-0.4, -0.2) is 57.4 Å². The average molecular weight is 289 g/mol. The molecule has 0 amide bonds. The Kier molecular flexibility index (Phi) is 4.99. The maximum Gasteiger partial charge on any atom is 0.0485 e. The van der Waals surface area contributed by atoms with Crippen molar-refractivity contribution >= 4 is 11.4 Å². The predicted octanol–water partition coefficient (Wildman–Crippen LogP) is 2.42. The van der Waals surface area contributed by atoms with Crippen LogP contribution in [0.5, 0.6) is 0 Å². The van der Waals surface area contributed by atoms with Gasteiger partial charge < -0.3 is 19.9 Å². The van der Waals surface area contributed by atoms with Gasteiger partial charge in [-0.1, -0.05) is 6.07 Å². The van der Waals surface area contributed by atoms with Gasteiger partial charge in [0.05, 0.1) is 0 Å². The smallest absolute Gasteiger partial charge is 0.0485 e. The second-order valence-corrected chi connectivity index (χ2v) is 6.23. The fourth-order valence-corrected chi connectivity index (χ4v) is 3.17. The lowest BCUT2D eigenvalue weighted by Crippen LogP contribution is -2.29. The monoisotopic (exact) mass is 289 g/mol. The topological polar surface area (TPSA) is 27.7 Å². The molecule has 4 heteroatoms. The van der Waals surface area contributed by atoms with E-state index in [0.717, 1.165) is 45.7 Å². The molecule has 4 nitrogen and oxygen atoms in total. The van der Waals surface area contributed by atoms with E-state index >= 15 is 0 Å². The predicted molar refractivity (Wildman–Crippen MR) is 88.2 cm³/mol. The number of nitrogens with zero attached hydrogens (tertiary/aromatic N) is 2. The minimum atomic E-state index is 0.560. The van der Waals surface area contributed by atoms with Crippen LogP contribution in [0.25, 0.3) is 0 Å². The van der Waals surface area contributed by atoms with Crippen LogP contribution in [0.4, 0.5) is 11.4 Å². The fraction of sp³-hybridized carbons (Fsp3) is 0.647. The minimum absolute atomic E-state index is 0.560. The van der Waals surface area contributed by atoms with Gasteiger partial charge in [-0.3, -0.25) is 0 Å². The Morgan fingerprint density at radius 2 is 1.95 bits per heavy atom. The van der Waals surface area contributed by atoms with Crippen molar-refractivity contribution in [2.75, 3.05) is 56.7 Å². The van der Waals surface area contributed by atoms with E-state index in [9.17, 15) is 0 Å². The normalized spacial score (nSPS) is 22.0. The molecule has 2 fully saturated rings. The van der Waals surface area contributed by atoms with Crippen LogP contribution >= 0.6 is 0 Å². The summed E-state index contributed by atoms with van der Waals surface area (Å²) in [5.41, 5.74) is 2.60. The first-order valence-electron chi connectivity index (χ1n) is 8.19. The Bertz CT molecular complexity index is 445. The van der Waals surface area contributed by atoms with Crippen LogP contribution in [0.15, 0.2) is 24.3 Å². The highest BCUT2D eigenvalue weighted by molar-refractivity contribution is 5.58. The maximum atomic E-state index is 5.43. The lowest BCUT2D eigenvalue weighted by molar-refractivity contribution is 0.0904. The highest BCUT2D eigenvalue weighted by Crippen LogP contribution is 2.22. The van der Waals surface area contributed by atoms with Crippen molar-refractivity contribution in [3.05, 3.63) is 24.3 Å². The van der Waals surface area contributed by atoms with E-state index in [1.165, 1.54) is 24.3 Å². The van der Waals surface area contributed by atoms with Crippen LogP contribution in [0, 0.1) is 0 Å². The van der Waals surface area contributed by atoms with Gasteiger partial charge in [0.15, 0.2) is 0 Å². The summed E-state index contributed by atoms with van der Waals surface area (Å²) in [6.07, 6.45) is 3.46. The van der Waals surface area contributed by atoms with Crippen molar-refractivity contribution in [1.29, 1.82) is 0 Å². The largest absolute Gasteiger partial charge is 0.382 e. The molecule has 0 unspecified atom stereocenters. The van der Waals surface area contributed by atoms with Gasteiger partial charge in [0.2, 0.25) is 0 Å². The molecule has 0 bridgehead atoms. The van der Waals surface area contributed by atoms with Crippen molar-refractivity contribution < 1.29 is 4.74 Å². The van der Waals surface area contributed by atoms with Gasteiger partial charge in [0.25, 0.3) is 0 Å². The Balaban J connectivity index is 1.64. The van der Waals surface area contributed by atoms with E-state index in [-0.39, 0.29) is 0 Å². The molecular formula is C17H27N3O. The van der Waals surface area contributed by atoms with E-state index in [1.807, 2.05) is 0 Å². The van der Waals surface area contributed by atoms with Gasteiger partial charge in [-0.25, -0.2) is 0 Å². The number of hydrogen-bond donors (Lipinski definition) is 1. The van der Waals surface area contributed by atoms with Crippen LogP contribution in [0.3, 0.4) is 0 Å². The number of anilines is 2. The van der Waals surface area contributed by atoms with Crippen LogP contribution < -0.4 is 10.2 Å². The third-order valence-electron chi connectivity index (χ3n) is 4.52. The second-order valence-electron chi connectivity index (χ2n) is 6.23. The van der Waals surface area contributed by atoms with Gasteiger partial charge in [-0.15, -0.1) is 0 Å². The van der Waals surface area contributed by atoms with E-state index in [2.05, 4.69) is 46.4 Å². The standard InChI is InChI=1S/C17H27N3O/c1-19-8-3-9-20(11-10-19)17-5-2-4-16(14-17)18-15-6-12-21-13-7-15/h2,4-5,14-15,18H,3,6-13H2,1H3. The first-order chi connectivity index (χ1) is 10.3. The average Bonchev–Trinajstić information content (AvgIpc) is 2.73. The molecule has 3 rings (SSSR count). The first kappa shape index (κ1) is 14.7. The number of benzene rings is 1. The van der Waals surface area contributed by atoms with E-state index in [1.54, 1.807) is 0 Å². The third-order valence-corrected chi connectivity index (χ3v) is 4.52. The van der Waals surface area contributed by atoms with Gasteiger partial charge in [0.1, 0.15) is 0 Å². The summed E-state index contributed by atoms with van der Waals surface area (Å²) >= 11 is 0. The fourth-order valence-electron chi connectivity index (χ4n) is 3.17. The zero-order chi connectivity index (χ0) is 14.5. The summed E-state index contributed by atoms with van der Waals surface area (Å²) in [5, 5.41) is 3.67. The molecule has 0 spiro atoms. The number of rotatable bonds is 3. The zero-order valence-corrected chi connectivity index (χ0v) is 13.1. The molecule has 21 heavy (non-hydrogen) atoms. The Labute approximate surface area is 128 Å². The van der Waals surface area contributed by atoms with Crippen molar-refractivity contribution in [3.8, 4) is 0 Å². The molecule has 1 aromatic rings. The van der Waals surface area contributed by atoms with Gasteiger partial charge in [-0.2, -0.15) is 0 Å². The van der Waals surface area contributed by atoms with Gasteiger partial charge in [0, 0.05) is 50.3 Å². The summed E-state index contributed by atoms with van der Waals surface area (Å²) in [5.74, 6) is 0. The van der Waals surface area contributed by atoms with Gasteiger partial charge >= 0.3 is 0 Å². The summed E-state index contributed by atoms with van der Waals surface area (Å²) in [4.78, 5) is 4.93. The molecule has 0 radical (unpaired) electrons. The Morgan fingerprint density at radius 1 is 1.10 bits per heavy atom. The van der Waals surface area contributed by atoms with Crippen LogP contribution in [0.1, 0.15) is 19.3 Å². The third kappa shape index (κ3) is 4.11. The maximum absolute atomic E-state index is 5.43. The number of likely N-dealkylation sites (N-methyl/N-ethyl adjacent to an activating group) is 1. The van der Waals surface area contributed by atoms with Crippen molar-refractivity contribution in [1.82, 2.24) is 4.90 Å². The molecule has 116 valence electrons. The number of ether oxygens (including phenoxy) is 1. The number of hydrogen-bond acceptors (Lipinski definition) is 4. The quantitative estimate of drug-likeness (QED) is 0.925. The van der Waals surface area contributed by atoms with Crippen molar-refractivity contribution in [3.63, 3.8) is 0 Å². The summed E-state index contributed by atoms with van der Waals surface area (Å²) in [6.45, 7) is 6.40. The molecular weight excluding hydrogens is 262 g/mol. The molecule has 1 aromatic carbocycles. The molecule has 1 N–H and O–H groups in total. The van der Waals surface area contributed by atoms with Crippen LogP contribution in [-0.2, 0) is 4.74 Å². The molecule has 0 aromatic heterocycles. The molecule has 0 saturated carbocycles. The lowest BCUT2D eigenvalue weighted by atomic mass is 10.1. The second kappa shape index (κ2) is 7.14. The lowest BCUT2D eigenvalue weighted by Gasteiger charge is -2.26. The molecule has 2 heterocycles. The van der Waals surface area contributed by atoms with Crippen LogP contribution in [0.2, 0.25) is 0 Å². The first-order valence-corrected chi connectivity index (χ1v) is 8.19. The van der Waals surface area contributed by atoms with E-state index in [4.69, 9.17) is 4.74 Å². The summed E-state index contributed by atoms with van der Waals surface area (Å²) in [7, 11) is 2.21. The van der Waals surface area contributed by atoms with E-state index < -0.39 is 0 Å². The highest BCUT2D eigenvalue weighted by atomic mass is 16.5. The number of nitrogens with one attached hydrogen (secondary N) is 1. The molecule has 0 atom stereocenters. The molecule has 0 aliphatic carbocycles. The Morgan fingerprint density at radius 3 is 2.81 bits per heavy atom. The van der Waals surface area contributed by atoms with E-state index in [0.29, 0.717) is 6.04 Å². The molecule has 2 aliphatic rings. The molecule has 2 aliphatic heterocycles. The summed E-state index contributed by atoms with van der Waals surface area (Å²) in [6, 6.07) is 9.46. The highest BCUT2D eigenvalue weighted by Gasteiger charge is 2.15. The van der Waals surface area contributed by atoms with Gasteiger partial charge in [-0.05, 0) is 51.1 Å². The van der Waals surface area contributed by atoms with Crippen molar-refractivity contribution in [2.45, 2.75) is 25.3 Å². The van der Waals surface area contributed by atoms with Crippen molar-refractivity contribution in [2.24, 2.45) is 0 Å². The summed E-state index contributed by atoms with van der Waals surface area (Å²) < 4.78 is 5.43. The SMILES string of the molecule is CN1CCCN(c2cccc(NC3CCOCC3)c2)CC1. The Hall–Kier alpha value is -1.26.